The van der Waals surface area contributed by atoms with Crippen molar-refractivity contribution in [3.8, 4) is 33.4 Å². The summed E-state index contributed by atoms with van der Waals surface area (Å²) in [6, 6.07) is 61.1. The molecular formula is C48H32N2. The van der Waals surface area contributed by atoms with E-state index in [4.69, 9.17) is 11.1 Å². The first kappa shape index (κ1) is 28.5. The van der Waals surface area contributed by atoms with E-state index < -0.39 is 5.41 Å². The summed E-state index contributed by atoms with van der Waals surface area (Å²) in [7, 11) is 0. The van der Waals surface area contributed by atoms with Gasteiger partial charge in [-0.25, -0.2) is 0 Å². The van der Waals surface area contributed by atoms with Crippen LogP contribution in [0.15, 0.2) is 176 Å². The number of benzene rings is 8. The van der Waals surface area contributed by atoms with Crippen LogP contribution in [0.5, 0.6) is 0 Å². The highest BCUT2D eigenvalue weighted by atomic mass is 14.6. The Labute approximate surface area is 291 Å². The molecule has 0 fully saturated rings. The van der Waals surface area contributed by atoms with E-state index in [0.717, 1.165) is 16.7 Å². The lowest BCUT2D eigenvalue weighted by Gasteiger charge is -2.31. The smallest absolute Gasteiger partial charge is 0.0726 e. The molecule has 2 aliphatic carbocycles. The number of rotatable bonds is 4. The number of allylic oxidation sites excluding steroid dienone is 1. The SMILES string of the molecule is N=C(/C=C(\N)c1cccc(-c2cc3c(c4ccccc24)-c2cc4ccccc4cc2C32c3ccccc3-c3ccccc32)c1)c1ccccc1. The topological polar surface area (TPSA) is 49.9 Å². The van der Waals surface area contributed by atoms with E-state index in [1.165, 1.54) is 71.6 Å². The van der Waals surface area contributed by atoms with E-state index in [1.807, 2.05) is 36.4 Å². The largest absolute Gasteiger partial charge is 0.398 e. The molecule has 0 atom stereocenters. The molecule has 2 aliphatic rings. The van der Waals surface area contributed by atoms with Crippen LogP contribution in [0.1, 0.15) is 33.4 Å². The van der Waals surface area contributed by atoms with Crippen LogP contribution in [0.25, 0.3) is 60.6 Å². The zero-order chi connectivity index (χ0) is 33.4. The quantitative estimate of drug-likeness (QED) is 0.186. The normalized spacial score (nSPS) is 13.6. The van der Waals surface area contributed by atoms with Gasteiger partial charge in [0.1, 0.15) is 0 Å². The molecule has 50 heavy (non-hydrogen) atoms. The van der Waals surface area contributed by atoms with Crippen LogP contribution in [-0.2, 0) is 5.41 Å². The van der Waals surface area contributed by atoms with Crippen molar-refractivity contribution in [2.24, 2.45) is 5.73 Å². The summed E-state index contributed by atoms with van der Waals surface area (Å²) in [5.74, 6) is 0. The Balaban J connectivity index is 1.27. The number of hydrogen-bond donors (Lipinski definition) is 2. The molecular weight excluding hydrogens is 605 g/mol. The Hall–Kier alpha value is -6.51. The predicted molar refractivity (Wildman–Crippen MR) is 209 cm³/mol. The molecule has 0 radical (unpaired) electrons. The van der Waals surface area contributed by atoms with Crippen LogP contribution in [0.3, 0.4) is 0 Å². The van der Waals surface area contributed by atoms with Crippen LogP contribution in [0.2, 0.25) is 0 Å². The van der Waals surface area contributed by atoms with Gasteiger partial charge in [0.25, 0.3) is 0 Å². The average Bonchev–Trinajstić information content (AvgIpc) is 3.64. The van der Waals surface area contributed by atoms with Crippen LogP contribution in [0, 0.1) is 5.41 Å². The molecule has 8 aromatic carbocycles. The summed E-state index contributed by atoms with van der Waals surface area (Å²) in [5, 5.41) is 13.6. The molecule has 1 spiro atoms. The lowest BCUT2D eigenvalue weighted by molar-refractivity contribution is 0.796. The van der Waals surface area contributed by atoms with Crippen LogP contribution < -0.4 is 5.73 Å². The number of nitrogens with one attached hydrogen (secondary N) is 1. The second-order valence-electron chi connectivity index (χ2n) is 13.4. The lowest BCUT2D eigenvalue weighted by atomic mass is 9.69. The predicted octanol–water partition coefficient (Wildman–Crippen LogP) is 11.4. The fourth-order valence-corrected chi connectivity index (χ4v) is 8.72. The summed E-state index contributed by atoms with van der Waals surface area (Å²) >= 11 is 0. The van der Waals surface area contributed by atoms with Gasteiger partial charge in [-0.05, 0) is 119 Å². The number of nitrogens with two attached hydrogens (primary N) is 1. The second-order valence-corrected chi connectivity index (χ2v) is 13.4. The highest BCUT2D eigenvalue weighted by Gasteiger charge is 2.52. The summed E-state index contributed by atoms with van der Waals surface area (Å²) in [6.07, 6.45) is 1.76. The van der Waals surface area contributed by atoms with Crippen LogP contribution in [-0.4, -0.2) is 5.71 Å². The number of hydrogen-bond acceptors (Lipinski definition) is 2. The molecule has 0 aliphatic heterocycles. The van der Waals surface area contributed by atoms with Crippen LogP contribution in [0.4, 0.5) is 0 Å². The minimum Gasteiger partial charge on any atom is -0.398 e. The monoisotopic (exact) mass is 636 g/mol. The molecule has 0 heterocycles. The zero-order valence-corrected chi connectivity index (χ0v) is 27.3. The Bertz CT molecular complexity index is 2690. The Morgan fingerprint density at radius 2 is 1.06 bits per heavy atom. The van der Waals surface area contributed by atoms with E-state index in [2.05, 4.69) is 133 Å². The van der Waals surface area contributed by atoms with Gasteiger partial charge in [0, 0.05) is 5.70 Å². The van der Waals surface area contributed by atoms with Crippen molar-refractivity contribution < 1.29 is 0 Å². The van der Waals surface area contributed by atoms with Gasteiger partial charge < -0.3 is 11.1 Å². The third-order valence-corrected chi connectivity index (χ3v) is 10.9. The van der Waals surface area contributed by atoms with Gasteiger partial charge in [-0.15, -0.1) is 0 Å². The minimum absolute atomic E-state index is 0.391. The standard InChI is InChI=1S/C48H32N2/c49-45(30-13-2-1-3-14-30)29-46(50)34-18-12-17-33(25-34)39-28-44-47(38-22-7-6-19-35(38)39)40-26-31-15-4-5-16-32(31)27-43(40)48(44)41-23-10-8-20-36(41)37-21-9-11-24-42(37)48/h1-29,49H,50H2/b46-29-,49-45?. The van der Waals surface area contributed by atoms with Gasteiger partial charge in [-0.3, -0.25) is 0 Å². The zero-order valence-electron chi connectivity index (χ0n) is 27.3. The molecule has 0 saturated heterocycles. The van der Waals surface area contributed by atoms with Crippen molar-refractivity contribution in [3.63, 3.8) is 0 Å². The van der Waals surface area contributed by atoms with Crippen molar-refractivity contribution in [2.75, 3.05) is 0 Å². The van der Waals surface area contributed by atoms with Crippen molar-refractivity contribution in [2.45, 2.75) is 5.41 Å². The Morgan fingerprint density at radius 3 is 1.80 bits per heavy atom. The van der Waals surface area contributed by atoms with Crippen molar-refractivity contribution >= 4 is 33.0 Å². The third kappa shape index (κ3) is 3.93. The first-order valence-corrected chi connectivity index (χ1v) is 17.1. The maximum atomic E-state index is 8.69. The van der Waals surface area contributed by atoms with Gasteiger partial charge in [-0.2, -0.15) is 0 Å². The van der Waals surface area contributed by atoms with E-state index in [0.29, 0.717) is 11.4 Å². The Morgan fingerprint density at radius 1 is 0.460 bits per heavy atom. The fraction of sp³-hybridized carbons (Fsp3) is 0.0208. The lowest BCUT2D eigenvalue weighted by Crippen LogP contribution is -2.26. The van der Waals surface area contributed by atoms with E-state index in [-0.39, 0.29) is 0 Å². The molecule has 0 unspecified atom stereocenters. The Kier molecular flexibility index (Phi) is 6.13. The fourth-order valence-electron chi connectivity index (χ4n) is 8.72. The summed E-state index contributed by atoms with van der Waals surface area (Å²) in [4.78, 5) is 0. The molecule has 2 nitrogen and oxygen atoms in total. The molecule has 0 aromatic heterocycles. The highest BCUT2D eigenvalue weighted by Crippen LogP contribution is 2.64. The molecule has 0 saturated carbocycles. The minimum atomic E-state index is -0.470. The second kappa shape index (κ2) is 10.7. The van der Waals surface area contributed by atoms with Gasteiger partial charge in [-0.1, -0.05) is 146 Å². The molecule has 3 N–H and O–H groups in total. The van der Waals surface area contributed by atoms with Crippen LogP contribution >= 0.6 is 0 Å². The molecule has 2 heteroatoms. The number of fused-ring (bicyclic) bond motifs is 13. The van der Waals surface area contributed by atoms with E-state index in [9.17, 15) is 0 Å². The third-order valence-electron chi connectivity index (χ3n) is 10.9. The molecule has 0 amide bonds. The maximum absolute atomic E-state index is 8.69. The summed E-state index contributed by atoms with van der Waals surface area (Å²) in [5.41, 5.74) is 21.7. The summed E-state index contributed by atoms with van der Waals surface area (Å²) in [6.45, 7) is 0. The van der Waals surface area contributed by atoms with Gasteiger partial charge in [0.2, 0.25) is 0 Å². The molecule has 234 valence electrons. The van der Waals surface area contributed by atoms with E-state index >= 15 is 0 Å². The molecule has 10 rings (SSSR count). The first-order valence-electron chi connectivity index (χ1n) is 17.1. The molecule has 8 aromatic rings. The first-order chi connectivity index (χ1) is 24.6. The van der Waals surface area contributed by atoms with Gasteiger partial charge in [0.05, 0.1) is 11.1 Å². The summed E-state index contributed by atoms with van der Waals surface area (Å²) < 4.78 is 0. The van der Waals surface area contributed by atoms with Crippen molar-refractivity contribution in [3.05, 3.63) is 209 Å². The van der Waals surface area contributed by atoms with E-state index in [1.54, 1.807) is 6.08 Å². The van der Waals surface area contributed by atoms with Crippen molar-refractivity contribution in [1.29, 1.82) is 5.41 Å². The van der Waals surface area contributed by atoms with Gasteiger partial charge in [0.15, 0.2) is 0 Å². The average molecular weight is 637 g/mol. The highest BCUT2D eigenvalue weighted by molar-refractivity contribution is 6.13. The van der Waals surface area contributed by atoms with Gasteiger partial charge >= 0.3 is 0 Å². The molecule has 0 bridgehead atoms. The maximum Gasteiger partial charge on any atom is 0.0726 e. The van der Waals surface area contributed by atoms with Crippen molar-refractivity contribution in [1.82, 2.24) is 0 Å².